The molecule has 0 aliphatic heterocycles. The molecule has 0 aromatic carbocycles. The van der Waals surface area contributed by atoms with E-state index < -0.39 is 17.8 Å². The molecule has 0 saturated heterocycles. The normalized spacial score (nSPS) is 21.9. The van der Waals surface area contributed by atoms with E-state index in [4.69, 9.17) is 4.74 Å². The number of aromatic nitrogens is 2. The Bertz CT molecular complexity index is 466. The highest BCUT2D eigenvalue weighted by Crippen LogP contribution is 2.40. The Morgan fingerprint density at radius 3 is 3.05 bits per heavy atom. The number of carbonyl (C=O) groups is 1. The highest BCUT2D eigenvalue weighted by Gasteiger charge is 2.38. The topological polar surface area (TPSA) is 52.1 Å². The Balaban J connectivity index is 2.16. The fourth-order valence-electron chi connectivity index (χ4n) is 2.28. The maximum Gasteiger partial charge on any atom is 0.357 e. The van der Waals surface area contributed by atoms with Crippen molar-refractivity contribution in [2.24, 2.45) is 0 Å². The molecule has 0 amide bonds. The fourth-order valence-corrected chi connectivity index (χ4v) is 2.28. The average molecular weight is 270 g/mol. The van der Waals surface area contributed by atoms with Gasteiger partial charge in [0.25, 0.3) is 0 Å². The second-order valence-electron chi connectivity index (χ2n) is 4.67. The van der Waals surface area contributed by atoms with Gasteiger partial charge in [0.05, 0.1) is 6.61 Å². The Morgan fingerprint density at radius 1 is 1.58 bits per heavy atom. The number of nitrogens with zero attached hydrogens (tertiary/aromatic N) is 2. The molecule has 0 radical (unpaired) electrons. The SMILES string of the molecule is CCOC(=O)c1ccnc(C2CCCC(F)(F)C2)n1. The van der Waals surface area contributed by atoms with E-state index in [-0.39, 0.29) is 25.1 Å². The van der Waals surface area contributed by atoms with Gasteiger partial charge in [0.1, 0.15) is 5.82 Å². The van der Waals surface area contributed by atoms with Crippen LogP contribution < -0.4 is 0 Å². The van der Waals surface area contributed by atoms with Crippen LogP contribution in [0.5, 0.6) is 0 Å². The minimum absolute atomic E-state index is 0.0823. The average Bonchev–Trinajstić information content (AvgIpc) is 2.38. The molecule has 1 saturated carbocycles. The molecule has 1 unspecified atom stereocenters. The summed E-state index contributed by atoms with van der Waals surface area (Å²) in [6.45, 7) is 1.95. The number of esters is 1. The molecular formula is C13H16F2N2O2. The standard InChI is InChI=1S/C13H16F2N2O2/c1-2-19-12(18)10-5-7-16-11(17-10)9-4-3-6-13(14,15)8-9/h5,7,9H,2-4,6,8H2,1H3. The molecule has 1 fully saturated rings. The molecule has 0 N–H and O–H groups in total. The molecule has 1 aromatic heterocycles. The molecule has 2 rings (SSSR count). The zero-order valence-corrected chi connectivity index (χ0v) is 10.7. The fraction of sp³-hybridized carbons (Fsp3) is 0.615. The van der Waals surface area contributed by atoms with Crippen molar-refractivity contribution in [2.75, 3.05) is 6.61 Å². The number of carbonyl (C=O) groups excluding carboxylic acids is 1. The van der Waals surface area contributed by atoms with Gasteiger partial charge in [-0.2, -0.15) is 0 Å². The van der Waals surface area contributed by atoms with Gasteiger partial charge in [-0.15, -0.1) is 0 Å². The van der Waals surface area contributed by atoms with E-state index in [1.54, 1.807) is 6.92 Å². The van der Waals surface area contributed by atoms with E-state index in [2.05, 4.69) is 9.97 Å². The largest absolute Gasteiger partial charge is 0.461 e. The number of hydrogen-bond acceptors (Lipinski definition) is 4. The lowest BCUT2D eigenvalue weighted by atomic mass is 9.86. The lowest BCUT2D eigenvalue weighted by molar-refractivity contribution is -0.0417. The van der Waals surface area contributed by atoms with Gasteiger partial charge < -0.3 is 4.74 Å². The smallest absolute Gasteiger partial charge is 0.357 e. The molecule has 104 valence electrons. The first-order chi connectivity index (χ1) is 9.02. The first-order valence-electron chi connectivity index (χ1n) is 6.40. The second-order valence-corrected chi connectivity index (χ2v) is 4.67. The minimum Gasteiger partial charge on any atom is -0.461 e. The third-order valence-corrected chi connectivity index (χ3v) is 3.16. The third kappa shape index (κ3) is 3.45. The quantitative estimate of drug-likeness (QED) is 0.792. The maximum atomic E-state index is 13.4. The first kappa shape index (κ1) is 13.8. The van der Waals surface area contributed by atoms with Crippen LogP contribution in [0.1, 0.15) is 54.8 Å². The van der Waals surface area contributed by atoms with Crippen molar-refractivity contribution >= 4 is 5.97 Å². The summed E-state index contributed by atoms with van der Waals surface area (Å²) >= 11 is 0. The predicted octanol–water partition coefficient (Wildman–Crippen LogP) is 2.95. The molecule has 6 heteroatoms. The molecule has 19 heavy (non-hydrogen) atoms. The van der Waals surface area contributed by atoms with Gasteiger partial charge in [-0.05, 0) is 25.8 Å². The number of halogens is 2. The maximum absolute atomic E-state index is 13.4. The van der Waals surface area contributed by atoms with Gasteiger partial charge >= 0.3 is 5.97 Å². The van der Waals surface area contributed by atoms with Crippen molar-refractivity contribution in [3.63, 3.8) is 0 Å². The summed E-state index contributed by atoms with van der Waals surface area (Å²) in [6, 6.07) is 1.43. The first-order valence-corrected chi connectivity index (χ1v) is 6.40. The molecule has 0 bridgehead atoms. The Morgan fingerprint density at radius 2 is 2.37 bits per heavy atom. The van der Waals surface area contributed by atoms with E-state index in [1.165, 1.54) is 12.3 Å². The van der Waals surface area contributed by atoms with Crippen molar-refractivity contribution < 1.29 is 18.3 Å². The summed E-state index contributed by atoms with van der Waals surface area (Å²) in [5.74, 6) is -3.29. The molecule has 4 nitrogen and oxygen atoms in total. The van der Waals surface area contributed by atoms with Crippen molar-refractivity contribution in [1.82, 2.24) is 9.97 Å². The minimum atomic E-state index is -2.66. The van der Waals surface area contributed by atoms with Crippen molar-refractivity contribution in [2.45, 2.75) is 44.4 Å². The van der Waals surface area contributed by atoms with Gasteiger partial charge in [-0.3, -0.25) is 0 Å². The summed E-state index contributed by atoms with van der Waals surface area (Å²) < 4.78 is 31.6. The zero-order valence-electron chi connectivity index (χ0n) is 10.7. The predicted molar refractivity (Wildman–Crippen MR) is 64.1 cm³/mol. The number of ether oxygens (including phenoxy) is 1. The second kappa shape index (κ2) is 5.59. The van der Waals surface area contributed by atoms with Crippen LogP contribution in [0.4, 0.5) is 8.78 Å². The van der Waals surface area contributed by atoms with Crippen LogP contribution in [0.3, 0.4) is 0 Å². The van der Waals surface area contributed by atoms with Gasteiger partial charge in [-0.25, -0.2) is 23.5 Å². The van der Waals surface area contributed by atoms with Crippen LogP contribution in [0.25, 0.3) is 0 Å². The zero-order chi connectivity index (χ0) is 13.9. The lowest BCUT2D eigenvalue weighted by Gasteiger charge is -2.27. The van der Waals surface area contributed by atoms with Crippen LogP contribution in [0.2, 0.25) is 0 Å². The van der Waals surface area contributed by atoms with Gasteiger partial charge in [0.15, 0.2) is 5.69 Å². The molecule has 1 aliphatic rings. The molecule has 1 aliphatic carbocycles. The van der Waals surface area contributed by atoms with Crippen LogP contribution in [-0.4, -0.2) is 28.5 Å². The number of rotatable bonds is 3. The summed E-state index contributed by atoms with van der Waals surface area (Å²) in [7, 11) is 0. The van der Waals surface area contributed by atoms with E-state index >= 15 is 0 Å². The summed E-state index contributed by atoms with van der Waals surface area (Å²) in [4.78, 5) is 19.6. The summed E-state index contributed by atoms with van der Waals surface area (Å²) in [5, 5.41) is 0. The Labute approximate surface area is 110 Å². The van der Waals surface area contributed by atoms with Crippen LogP contribution >= 0.6 is 0 Å². The summed E-state index contributed by atoms with van der Waals surface area (Å²) in [6.07, 6.45) is 2.16. The molecule has 1 aromatic rings. The number of alkyl halides is 2. The molecule has 1 heterocycles. The van der Waals surface area contributed by atoms with Gasteiger partial charge in [0, 0.05) is 25.0 Å². The van der Waals surface area contributed by atoms with Crippen LogP contribution in [0.15, 0.2) is 12.3 Å². The highest BCUT2D eigenvalue weighted by atomic mass is 19.3. The molecular weight excluding hydrogens is 254 g/mol. The third-order valence-electron chi connectivity index (χ3n) is 3.16. The van der Waals surface area contributed by atoms with Crippen LogP contribution in [-0.2, 0) is 4.74 Å². The van der Waals surface area contributed by atoms with Gasteiger partial charge in [0.2, 0.25) is 5.92 Å². The highest BCUT2D eigenvalue weighted by molar-refractivity contribution is 5.87. The van der Waals surface area contributed by atoms with E-state index in [1.807, 2.05) is 0 Å². The number of hydrogen-bond donors (Lipinski definition) is 0. The monoisotopic (exact) mass is 270 g/mol. The molecule has 0 spiro atoms. The Kier molecular flexibility index (Phi) is 4.07. The van der Waals surface area contributed by atoms with Crippen molar-refractivity contribution in [3.8, 4) is 0 Å². The van der Waals surface area contributed by atoms with Crippen molar-refractivity contribution in [1.29, 1.82) is 0 Å². The lowest BCUT2D eigenvalue weighted by Crippen LogP contribution is -2.26. The van der Waals surface area contributed by atoms with E-state index in [0.29, 0.717) is 18.7 Å². The Hall–Kier alpha value is -1.59. The summed E-state index contributed by atoms with van der Waals surface area (Å²) in [5.41, 5.74) is 0.126. The van der Waals surface area contributed by atoms with Gasteiger partial charge in [-0.1, -0.05) is 0 Å². The van der Waals surface area contributed by atoms with Crippen molar-refractivity contribution in [3.05, 3.63) is 23.8 Å². The molecule has 1 atom stereocenters. The van der Waals surface area contributed by atoms with E-state index in [9.17, 15) is 13.6 Å². The van der Waals surface area contributed by atoms with Crippen LogP contribution in [0, 0.1) is 0 Å². The van der Waals surface area contributed by atoms with E-state index in [0.717, 1.165) is 0 Å².